The minimum atomic E-state index is -1.62. The molecule has 0 saturated heterocycles. The van der Waals surface area contributed by atoms with Gasteiger partial charge in [0.25, 0.3) is 0 Å². The van der Waals surface area contributed by atoms with Crippen molar-refractivity contribution in [3.8, 4) is 0 Å². The van der Waals surface area contributed by atoms with Gasteiger partial charge in [0.15, 0.2) is 0 Å². The van der Waals surface area contributed by atoms with E-state index in [1.165, 1.54) is 31.5 Å². The van der Waals surface area contributed by atoms with E-state index in [9.17, 15) is 0 Å². The Kier molecular flexibility index (Phi) is 9.91. The van der Waals surface area contributed by atoms with Crippen LogP contribution < -0.4 is 5.09 Å². The molecule has 2 atom stereocenters. The van der Waals surface area contributed by atoms with Crippen molar-refractivity contribution < 1.29 is 11.4 Å². The summed E-state index contributed by atoms with van der Waals surface area (Å²) < 4.78 is 0. The second-order valence-corrected chi connectivity index (χ2v) is 16.2. The molecule has 2 unspecified atom stereocenters. The Bertz CT molecular complexity index is 329. The summed E-state index contributed by atoms with van der Waals surface area (Å²) in [6.45, 7) is 10.5. The number of fused-ring (bicyclic) bond motifs is 1. The summed E-state index contributed by atoms with van der Waals surface area (Å²) in [5.74, 6) is 3.03. The maximum absolute atomic E-state index is 4.93. The molecule has 0 radical (unpaired) electrons. The van der Waals surface area contributed by atoms with Crippen LogP contribution in [0.4, 0.5) is 0 Å². The van der Waals surface area contributed by atoms with Crippen molar-refractivity contribution in [2.45, 2.75) is 64.7 Å². The number of halogens is 3. The molecule has 1 heterocycles. The van der Waals surface area contributed by atoms with Crippen LogP contribution in [0.25, 0.3) is 0 Å². The van der Waals surface area contributed by atoms with Gasteiger partial charge in [-0.05, 0) is 46.5 Å². The molecule has 125 valence electrons. The van der Waals surface area contributed by atoms with Gasteiger partial charge >= 0.3 is 41.5 Å². The number of hydrogen-bond acceptors (Lipinski definition) is 2. The van der Waals surface area contributed by atoms with E-state index in [2.05, 4.69) is 32.8 Å². The van der Waals surface area contributed by atoms with Gasteiger partial charge in [-0.15, -0.1) is 0 Å². The van der Waals surface area contributed by atoms with Crippen LogP contribution in [-0.2, 0) is 11.4 Å². The summed E-state index contributed by atoms with van der Waals surface area (Å²) in [6, 6.07) is 0. The predicted octanol–water partition coefficient (Wildman–Crippen LogP) is 5.81. The molecular formula is C14H28Cl3CrN2P+. The topological polar surface area (TPSA) is 24.4 Å². The fourth-order valence-corrected chi connectivity index (χ4v) is 5.83. The van der Waals surface area contributed by atoms with Gasteiger partial charge in [-0.3, -0.25) is 4.99 Å². The Labute approximate surface area is 148 Å². The van der Waals surface area contributed by atoms with Crippen LogP contribution >= 0.6 is 38.2 Å². The van der Waals surface area contributed by atoms with E-state index in [-0.39, 0.29) is 0 Å². The van der Waals surface area contributed by atoms with Crippen LogP contribution in [0, 0.1) is 11.8 Å². The molecule has 7 heteroatoms. The molecule has 0 amide bonds. The third-order valence-corrected chi connectivity index (χ3v) is 7.31. The van der Waals surface area contributed by atoms with Gasteiger partial charge in [-0.25, -0.2) is 5.09 Å². The van der Waals surface area contributed by atoms with E-state index < -0.39 is 19.5 Å². The number of nitrogens with one attached hydrogen (secondary N) is 1. The fourth-order valence-electron chi connectivity index (χ4n) is 3.35. The molecule has 0 aromatic heterocycles. The average Bonchev–Trinajstić information content (AvgIpc) is 2.77. The van der Waals surface area contributed by atoms with Gasteiger partial charge in [0.05, 0.1) is 19.4 Å². The summed E-state index contributed by atoms with van der Waals surface area (Å²) in [4.78, 5) is 4.82. The molecule has 1 aliphatic heterocycles. The molecule has 2 rings (SSSR count). The molecule has 0 bridgehead atoms. The molecule has 1 saturated carbocycles. The van der Waals surface area contributed by atoms with E-state index in [0.29, 0.717) is 0 Å². The summed E-state index contributed by atoms with van der Waals surface area (Å²) in [5.41, 5.74) is 1.57. The standard InChI is InChI=1S/C14H27N2P.3ClH.Cr/c1-10(2)17(11(3)4)16-14-13-8-6-5-7-12(13)9-15-14;;;;/h10-13H,5-9H2,1-4H3,(H,15,16);3*1H;/q;;;;+3/p-2. The minimum absolute atomic E-state index is 0.492. The van der Waals surface area contributed by atoms with Crippen molar-refractivity contribution in [3.63, 3.8) is 0 Å². The summed E-state index contributed by atoms with van der Waals surface area (Å²) >= 11 is -1.62. The predicted molar refractivity (Wildman–Crippen MR) is 97.0 cm³/mol. The third-order valence-electron chi connectivity index (χ3n) is 4.27. The van der Waals surface area contributed by atoms with E-state index in [4.69, 9.17) is 35.1 Å². The number of rotatable bonds is 3. The van der Waals surface area contributed by atoms with E-state index in [0.717, 1.165) is 29.7 Å². The van der Waals surface area contributed by atoms with Crippen LogP contribution in [0.15, 0.2) is 4.99 Å². The normalized spacial score (nSPS) is 25.0. The summed E-state index contributed by atoms with van der Waals surface area (Å²) in [5, 5.41) is 3.87. The Morgan fingerprint density at radius 1 is 1.10 bits per heavy atom. The van der Waals surface area contributed by atoms with Gasteiger partial charge < -0.3 is 0 Å². The van der Waals surface area contributed by atoms with Gasteiger partial charge in [-0.2, -0.15) is 0 Å². The molecule has 2 aliphatic rings. The third kappa shape index (κ3) is 7.16. The van der Waals surface area contributed by atoms with Crippen LogP contribution in [0.5, 0.6) is 0 Å². The molecule has 1 N–H and O–H groups in total. The SMILES string of the molecule is CC(C)[PH+](NC1=NCC2CCCCC12)C(C)C.[Cl][Cr]([Cl])[Cl]. The van der Waals surface area contributed by atoms with E-state index >= 15 is 0 Å². The number of nitrogens with zero attached hydrogens (tertiary/aromatic N) is 1. The second-order valence-electron chi connectivity index (χ2n) is 6.44. The van der Waals surface area contributed by atoms with Crippen LogP contribution in [0.2, 0.25) is 0 Å². The second kappa shape index (κ2) is 10.2. The first-order valence-electron chi connectivity index (χ1n) is 7.74. The number of hydrogen-bond donors (Lipinski definition) is 1. The molecule has 21 heavy (non-hydrogen) atoms. The van der Waals surface area contributed by atoms with Crippen LogP contribution in [-0.4, -0.2) is 23.7 Å². The van der Waals surface area contributed by atoms with Gasteiger partial charge in [-0.1, -0.05) is 12.8 Å². The zero-order chi connectivity index (χ0) is 16.0. The Morgan fingerprint density at radius 3 is 2.14 bits per heavy atom. The van der Waals surface area contributed by atoms with Crippen molar-refractivity contribution in [1.82, 2.24) is 5.09 Å². The summed E-state index contributed by atoms with van der Waals surface area (Å²) in [6.07, 6.45) is 5.62. The molecule has 0 aromatic rings. The average molecular weight is 414 g/mol. The quantitative estimate of drug-likeness (QED) is 0.580. The molecule has 1 fully saturated rings. The first kappa shape index (κ1) is 20.3. The Hall–Kier alpha value is 1.30. The van der Waals surface area contributed by atoms with Crippen molar-refractivity contribution in [2.24, 2.45) is 16.8 Å². The zero-order valence-electron chi connectivity index (χ0n) is 13.3. The maximum atomic E-state index is 4.93. The first-order chi connectivity index (χ1) is 9.82. The zero-order valence-corrected chi connectivity index (χ0v) is 17.9. The van der Waals surface area contributed by atoms with Crippen LogP contribution in [0.1, 0.15) is 53.4 Å². The molecule has 1 aliphatic carbocycles. The van der Waals surface area contributed by atoms with Gasteiger partial charge in [0, 0.05) is 12.5 Å². The van der Waals surface area contributed by atoms with Crippen molar-refractivity contribution in [2.75, 3.05) is 6.54 Å². The number of aliphatic imine (C=N–C) groups is 1. The van der Waals surface area contributed by atoms with Crippen molar-refractivity contribution in [1.29, 1.82) is 0 Å². The monoisotopic (exact) mass is 412 g/mol. The van der Waals surface area contributed by atoms with Gasteiger partial charge in [0.1, 0.15) is 5.84 Å². The van der Waals surface area contributed by atoms with Crippen molar-refractivity contribution >= 4 is 44.1 Å². The van der Waals surface area contributed by atoms with Crippen molar-refractivity contribution in [3.05, 3.63) is 0 Å². The van der Waals surface area contributed by atoms with E-state index in [1.54, 1.807) is 0 Å². The van der Waals surface area contributed by atoms with Gasteiger partial charge in [0.2, 0.25) is 0 Å². The molecule has 2 nitrogen and oxygen atoms in total. The number of amidine groups is 1. The Balaban J connectivity index is 0.000000491. The summed E-state index contributed by atoms with van der Waals surface area (Å²) in [7, 11) is 14.3. The molecule has 0 spiro atoms. The first-order valence-corrected chi connectivity index (χ1v) is 14.7. The Morgan fingerprint density at radius 2 is 1.62 bits per heavy atom. The van der Waals surface area contributed by atoms with E-state index in [1.807, 2.05) is 0 Å². The fraction of sp³-hybridized carbons (Fsp3) is 0.929. The molecule has 0 aromatic carbocycles. The van der Waals surface area contributed by atoms with Crippen LogP contribution in [0.3, 0.4) is 0 Å². The molecular weight excluding hydrogens is 385 g/mol.